The number of carbonyl (C=O) groups is 1. The average Bonchev–Trinajstić information content (AvgIpc) is 2.92. The lowest BCUT2D eigenvalue weighted by molar-refractivity contribution is -0.0415. The maximum absolute atomic E-state index is 11.0. The second kappa shape index (κ2) is 6.34. The van der Waals surface area contributed by atoms with Gasteiger partial charge in [0.2, 0.25) is 0 Å². The first-order valence-electron chi connectivity index (χ1n) is 7.26. The number of fused-ring (bicyclic) bond motifs is 1. The van der Waals surface area contributed by atoms with Crippen LogP contribution < -0.4 is 5.32 Å². The molecular formula is C15H19BrN2O3. The molecule has 6 heteroatoms. The van der Waals surface area contributed by atoms with Crippen molar-refractivity contribution >= 4 is 27.6 Å². The quantitative estimate of drug-likeness (QED) is 0.869. The number of halogens is 1. The van der Waals surface area contributed by atoms with Gasteiger partial charge in [-0.15, -0.1) is 0 Å². The van der Waals surface area contributed by atoms with Gasteiger partial charge < -0.3 is 15.2 Å². The summed E-state index contributed by atoms with van der Waals surface area (Å²) in [6, 6.07) is 5.80. The van der Waals surface area contributed by atoms with Gasteiger partial charge in [-0.2, -0.15) is 0 Å². The first kappa shape index (κ1) is 14.8. The summed E-state index contributed by atoms with van der Waals surface area (Å²) in [6.45, 7) is 3.73. The summed E-state index contributed by atoms with van der Waals surface area (Å²) in [5.74, 6) is -0.927. The van der Waals surface area contributed by atoms with Gasteiger partial charge in [-0.25, -0.2) is 4.79 Å². The van der Waals surface area contributed by atoms with Crippen LogP contribution in [0.3, 0.4) is 0 Å². The third-order valence-electron chi connectivity index (χ3n) is 4.19. The molecule has 2 aliphatic rings. The van der Waals surface area contributed by atoms with Crippen LogP contribution in [0.25, 0.3) is 0 Å². The summed E-state index contributed by atoms with van der Waals surface area (Å²) in [4.78, 5) is 13.5. The van der Waals surface area contributed by atoms with Crippen LogP contribution in [0.15, 0.2) is 22.7 Å². The SMILES string of the molecule is O=C(O)c1ccc(NCC2CN3CCCC3CO2)cc1Br. The van der Waals surface area contributed by atoms with Crippen LogP contribution in [-0.4, -0.2) is 54.4 Å². The van der Waals surface area contributed by atoms with Crippen LogP contribution in [0, 0.1) is 0 Å². The van der Waals surface area contributed by atoms with Crippen molar-refractivity contribution in [3.63, 3.8) is 0 Å². The summed E-state index contributed by atoms with van der Waals surface area (Å²) >= 11 is 3.29. The fourth-order valence-electron chi connectivity index (χ4n) is 3.04. The third-order valence-corrected chi connectivity index (χ3v) is 4.85. The van der Waals surface area contributed by atoms with Crippen molar-refractivity contribution in [1.82, 2.24) is 4.90 Å². The Labute approximate surface area is 132 Å². The normalized spacial score (nSPS) is 25.6. The van der Waals surface area contributed by atoms with E-state index in [-0.39, 0.29) is 11.7 Å². The minimum Gasteiger partial charge on any atom is -0.478 e. The van der Waals surface area contributed by atoms with Crippen molar-refractivity contribution in [2.24, 2.45) is 0 Å². The van der Waals surface area contributed by atoms with E-state index in [1.165, 1.54) is 19.4 Å². The van der Waals surface area contributed by atoms with E-state index in [0.717, 1.165) is 25.4 Å². The summed E-state index contributed by atoms with van der Waals surface area (Å²) in [6.07, 6.45) is 2.72. The van der Waals surface area contributed by atoms with Gasteiger partial charge in [0.1, 0.15) is 0 Å². The van der Waals surface area contributed by atoms with E-state index in [1.54, 1.807) is 18.2 Å². The Hall–Kier alpha value is -1.11. The predicted molar refractivity (Wildman–Crippen MR) is 83.9 cm³/mol. The number of hydrogen-bond acceptors (Lipinski definition) is 4. The van der Waals surface area contributed by atoms with Crippen molar-refractivity contribution in [2.75, 3.05) is 31.6 Å². The molecule has 21 heavy (non-hydrogen) atoms. The van der Waals surface area contributed by atoms with Crippen molar-refractivity contribution < 1.29 is 14.6 Å². The zero-order chi connectivity index (χ0) is 14.8. The Morgan fingerprint density at radius 1 is 1.52 bits per heavy atom. The van der Waals surface area contributed by atoms with Gasteiger partial charge in [0.05, 0.1) is 18.3 Å². The molecule has 0 aliphatic carbocycles. The number of aromatic carboxylic acids is 1. The summed E-state index contributed by atoms with van der Waals surface area (Å²) < 4.78 is 6.48. The van der Waals surface area contributed by atoms with Gasteiger partial charge >= 0.3 is 5.97 Å². The maximum Gasteiger partial charge on any atom is 0.336 e. The molecule has 2 heterocycles. The van der Waals surface area contributed by atoms with E-state index in [0.29, 0.717) is 10.5 Å². The minimum atomic E-state index is -0.927. The molecule has 2 N–H and O–H groups in total. The van der Waals surface area contributed by atoms with Gasteiger partial charge in [-0.3, -0.25) is 4.90 Å². The maximum atomic E-state index is 11.0. The summed E-state index contributed by atoms with van der Waals surface area (Å²) in [5, 5.41) is 12.3. The van der Waals surface area contributed by atoms with E-state index in [9.17, 15) is 4.79 Å². The second-order valence-electron chi connectivity index (χ2n) is 5.63. The lowest BCUT2D eigenvalue weighted by atomic mass is 10.1. The molecule has 3 rings (SSSR count). The van der Waals surface area contributed by atoms with Gasteiger partial charge in [-0.05, 0) is 53.5 Å². The summed E-state index contributed by atoms with van der Waals surface area (Å²) in [7, 11) is 0. The molecule has 114 valence electrons. The van der Waals surface area contributed by atoms with E-state index >= 15 is 0 Å². The standard InChI is InChI=1S/C15H19BrN2O3/c16-14-6-10(3-4-13(14)15(19)20)17-7-12-8-18-5-1-2-11(18)9-21-12/h3-4,6,11-12,17H,1-2,5,7-9H2,(H,19,20). The fraction of sp³-hybridized carbons (Fsp3) is 0.533. The Bertz CT molecular complexity index is 538. The predicted octanol–water partition coefficient (Wildman–Crippen LogP) is 2.42. The first-order valence-corrected chi connectivity index (χ1v) is 8.05. The Balaban J connectivity index is 1.55. The molecule has 1 aromatic carbocycles. The number of rotatable bonds is 4. The van der Waals surface area contributed by atoms with Gasteiger partial charge in [0.25, 0.3) is 0 Å². The van der Waals surface area contributed by atoms with Crippen LogP contribution in [0.5, 0.6) is 0 Å². The molecule has 5 nitrogen and oxygen atoms in total. The van der Waals surface area contributed by atoms with Crippen LogP contribution in [0.4, 0.5) is 5.69 Å². The Kier molecular flexibility index (Phi) is 4.47. The monoisotopic (exact) mass is 354 g/mol. The smallest absolute Gasteiger partial charge is 0.336 e. The number of morpholine rings is 1. The topological polar surface area (TPSA) is 61.8 Å². The zero-order valence-corrected chi connectivity index (χ0v) is 13.3. The van der Waals surface area contributed by atoms with Crippen molar-refractivity contribution in [1.29, 1.82) is 0 Å². The number of nitrogens with zero attached hydrogens (tertiary/aromatic N) is 1. The number of carboxylic acid groups (broad SMARTS) is 1. The highest BCUT2D eigenvalue weighted by atomic mass is 79.9. The molecule has 2 aliphatic heterocycles. The van der Waals surface area contributed by atoms with Crippen molar-refractivity contribution in [3.05, 3.63) is 28.2 Å². The average molecular weight is 355 g/mol. The highest BCUT2D eigenvalue weighted by molar-refractivity contribution is 9.10. The molecule has 1 aromatic rings. The zero-order valence-electron chi connectivity index (χ0n) is 11.7. The molecule has 2 atom stereocenters. The lowest BCUT2D eigenvalue weighted by Crippen LogP contribution is -2.48. The van der Waals surface area contributed by atoms with Crippen molar-refractivity contribution in [3.8, 4) is 0 Å². The molecular weight excluding hydrogens is 336 g/mol. The molecule has 2 fully saturated rings. The van der Waals surface area contributed by atoms with Gasteiger partial charge in [0.15, 0.2) is 0 Å². The molecule has 2 saturated heterocycles. The highest BCUT2D eigenvalue weighted by Gasteiger charge is 2.31. The van der Waals surface area contributed by atoms with E-state index in [4.69, 9.17) is 9.84 Å². The molecule has 0 spiro atoms. The molecule has 0 amide bonds. The molecule has 0 saturated carbocycles. The molecule has 0 radical (unpaired) electrons. The molecule has 0 bridgehead atoms. The number of ether oxygens (including phenoxy) is 1. The largest absolute Gasteiger partial charge is 0.478 e. The second-order valence-corrected chi connectivity index (χ2v) is 6.48. The van der Waals surface area contributed by atoms with Crippen LogP contribution in [0.1, 0.15) is 23.2 Å². The Morgan fingerprint density at radius 3 is 3.14 bits per heavy atom. The van der Waals surface area contributed by atoms with Crippen LogP contribution in [-0.2, 0) is 4.74 Å². The van der Waals surface area contributed by atoms with Crippen LogP contribution >= 0.6 is 15.9 Å². The van der Waals surface area contributed by atoms with E-state index in [1.807, 2.05) is 0 Å². The van der Waals surface area contributed by atoms with Crippen molar-refractivity contribution in [2.45, 2.75) is 25.0 Å². The number of anilines is 1. The fourth-order valence-corrected chi connectivity index (χ4v) is 3.59. The van der Waals surface area contributed by atoms with E-state index in [2.05, 4.69) is 26.1 Å². The third kappa shape index (κ3) is 3.39. The number of hydrogen-bond donors (Lipinski definition) is 2. The van der Waals surface area contributed by atoms with Gasteiger partial charge in [0, 0.05) is 29.3 Å². The minimum absolute atomic E-state index is 0.192. The molecule has 0 aromatic heterocycles. The van der Waals surface area contributed by atoms with E-state index < -0.39 is 5.97 Å². The summed E-state index contributed by atoms with van der Waals surface area (Å²) in [5.41, 5.74) is 1.17. The molecule has 2 unspecified atom stereocenters. The number of nitrogens with one attached hydrogen (secondary N) is 1. The number of benzene rings is 1. The number of carboxylic acids is 1. The van der Waals surface area contributed by atoms with Gasteiger partial charge in [-0.1, -0.05) is 0 Å². The Morgan fingerprint density at radius 2 is 2.38 bits per heavy atom. The van der Waals surface area contributed by atoms with Crippen LogP contribution in [0.2, 0.25) is 0 Å². The first-order chi connectivity index (χ1) is 10.1. The highest BCUT2D eigenvalue weighted by Crippen LogP contribution is 2.24. The lowest BCUT2D eigenvalue weighted by Gasteiger charge is -2.35.